The van der Waals surface area contributed by atoms with Gasteiger partial charge >= 0.3 is 0 Å². The van der Waals surface area contributed by atoms with Crippen LogP contribution in [0.15, 0.2) is 169 Å². The monoisotopic (exact) mass is 826 g/mol. The molecule has 10 nitrogen and oxygen atoms in total. The number of benzene rings is 6. The van der Waals surface area contributed by atoms with Crippen molar-refractivity contribution >= 4 is 29.5 Å². The van der Waals surface area contributed by atoms with E-state index in [1.165, 1.54) is 97.1 Å². The van der Waals surface area contributed by atoms with E-state index in [1.54, 1.807) is 24.3 Å². The fourth-order valence-electron chi connectivity index (χ4n) is 5.66. The Morgan fingerprint density at radius 2 is 0.719 bits per heavy atom. The van der Waals surface area contributed by atoms with E-state index in [4.69, 9.17) is 14.2 Å². The van der Waals surface area contributed by atoms with Crippen molar-refractivity contribution in [1.82, 2.24) is 0 Å². The van der Waals surface area contributed by atoms with Crippen LogP contribution in [-0.4, -0.2) is 36.0 Å². The number of phenols is 1. The fourth-order valence-corrected chi connectivity index (χ4v) is 9.46. The van der Waals surface area contributed by atoms with E-state index in [1.807, 2.05) is 32.9 Å². The van der Waals surface area contributed by atoms with Crippen LogP contribution in [0.4, 0.5) is 0 Å². The maximum atomic E-state index is 13.4. The standard InChI is InChI=1S/C44H42O10S3/c1-43(2,3)30-7-17-35(18-8-30)55(46,47)36-19-9-31(10-20-36)52-32-11-21-37(22-12-32)56(48,49)38-23-13-33(14-24-38)53-42-28-27-40(29-41(42)45)57(50,51)39-25-15-34(16-26-39)54-44(4,5)6/h7-29,45H,1-6H3. The molecule has 13 heteroatoms. The summed E-state index contributed by atoms with van der Waals surface area (Å²) in [6.45, 7) is 11.8. The number of hydrogen-bond acceptors (Lipinski definition) is 10. The first-order chi connectivity index (χ1) is 26.6. The summed E-state index contributed by atoms with van der Waals surface area (Å²) in [5, 5.41) is 10.7. The average molecular weight is 827 g/mol. The lowest BCUT2D eigenvalue weighted by Gasteiger charge is -2.21. The second kappa shape index (κ2) is 15.4. The van der Waals surface area contributed by atoms with E-state index in [0.717, 1.165) is 11.6 Å². The molecule has 0 unspecified atom stereocenters. The zero-order valence-corrected chi connectivity index (χ0v) is 34.6. The van der Waals surface area contributed by atoms with Gasteiger partial charge in [-0.15, -0.1) is 0 Å². The maximum Gasteiger partial charge on any atom is 0.206 e. The van der Waals surface area contributed by atoms with Gasteiger partial charge in [0.25, 0.3) is 0 Å². The lowest BCUT2D eigenvalue weighted by molar-refractivity contribution is 0.131. The molecular weight excluding hydrogens is 785 g/mol. The third-order valence-electron chi connectivity index (χ3n) is 8.70. The van der Waals surface area contributed by atoms with Crippen LogP contribution >= 0.6 is 0 Å². The Balaban J connectivity index is 1.09. The molecule has 0 aliphatic carbocycles. The molecule has 6 aromatic rings. The van der Waals surface area contributed by atoms with Crippen molar-refractivity contribution < 1.29 is 44.6 Å². The molecule has 0 bridgehead atoms. The van der Waals surface area contributed by atoms with Crippen LogP contribution in [0.5, 0.6) is 34.5 Å². The number of phenolic OH excluding ortho intramolecular Hbond substituents is 1. The number of aromatic hydroxyl groups is 1. The topological polar surface area (TPSA) is 150 Å². The molecule has 0 atom stereocenters. The predicted molar refractivity (Wildman–Crippen MR) is 216 cm³/mol. The highest BCUT2D eigenvalue weighted by molar-refractivity contribution is 7.92. The van der Waals surface area contributed by atoms with E-state index in [-0.39, 0.29) is 46.3 Å². The molecular formula is C44H42O10S3. The Morgan fingerprint density at radius 1 is 0.404 bits per heavy atom. The van der Waals surface area contributed by atoms with E-state index >= 15 is 0 Å². The van der Waals surface area contributed by atoms with Crippen LogP contribution in [-0.2, 0) is 34.9 Å². The summed E-state index contributed by atoms with van der Waals surface area (Å²) in [7, 11) is -11.7. The summed E-state index contributed by atoms with van der Waals surface area (Å²) < 4.78 is 97.1. The first-order valence-electron chi connectivity index (χ1n) is 17.8. The zero-order chi connectivity index (χ0) is 41.4. The molecule has 0 aliphatic heterocycles. The van der Waals surface area contributed by atoms with Gasteiger partial charge in [-0.25, -0.2) is 25.3 Å². The minimum atomic E-state index is -3.96. The van der Waals surface area contributed by atoms with Gasteiger partial charge in [0.1, 0.15) is 28.6 Å². The summed E-state index contributed by atoms with van der Waals surface area (Å²) >= 11 is 0. The number of ether oxygens (including phenoxy) is 3. The molecule has 6 aromatic carbocycles. The van der Waals surface area contributed by atoms with Crippen molar-refractivity contribution in [3.8, 4) is 34.5 Å². The van der Waals surface area contributed by atoms with Crippen molar-refractivity contribution in [1.29, 1.82) is 0 Å². The van der Waals surface area contributed by atoms with Crippen LogP contribution in [0.3, 0.4) is 0 Å². The highest BCUT2D eigenvalue weighted by Crippen LogP contribution is 2.36. The van der Waals surface area contributed by atoms with E-state index in [0.29, 0.717) is 17.2 Å². The smallest absolute Gasteiger partial charge is 0.206 e. The van der Waals surface area contributed by atoms with Gasteiger partial charge in [0, 0.05) is 6.07 Å². The van der Waals surface area contributed by atoms with Crippen molar-refractivity contribution in [2.24, 2.45) is 0 Å². The molecule has 57 heavy (non-hydrogen) atoms. The first kappa shape index (κ1) is 41.0. The number of sulfone groups is 3. The Labute approximate surface area is 334 Å². The van der Waals surface area contributed by atoms with Crippen LogP contribution in [0, 0.1) is 0 Å². The molecule has 0 radical (unpaired) electrons. The summed E-state index contributed by atoms with van der Waals surface area (Å²) in [5.41, 5.74) is 0.469. The largest absolute Gasteiger partial charge is 0.504 e. The highest BCUT2D eigenvalue weighted by atomic mass is 32.2. The second-order valence-electron chi connectivity index (χ2n) is 15.2. The van der Waals surface area contributed by atoms with Gasteiger partial charge in [-0.3, -0.25) is 0 Å². The van der Waals surface area contributed by atoms with Crippen molar-refractivity contribution in [3.05, 3.63) is 145 Å². The molecule has 6 rings (SSSR count). The minimum Gasteiger partial charge on any atom is -0.504 e. The van der Waals surface area contributed by atoms with Gasteiger partial charge in [-0.2, -0.15) is 0 Å². The van der Waals surface area contributed by atoms with E-state index in [2.05, 4.69) is 20.8 Å². The van der Waals surface area contributed by atoms with Gasteiger partial charge in [0.15, 0.2) is 11.5 Å². The number of rotatable bonds is 11. The molecule has 0 heterocycles. The van der Waals surface area contributed by atoms with Gasteiger partial charge < -0.3 is 19.3 Å². The minimum absolute atomic E-state index is 0.00764. The normalized spacial score (nSPS) is 12.5. The van der Waals surface area contributed by atoms with Crippen molar-refractivity contribution in [2.45, 2.75) is 81.9 Å². The van der Waals surface area contributed by atoms with Crippen molar-refractivity contribution in [2.75, 3.05) is 0 Å². The van der Waals surface area contributed by atoms with Crippen LogP contribution in [0.25, 0.3) is 0 Å². The van der Waals surface area contributed by atoms with Gasteiger partial charge in [0.2, 0.25) is 29.5 Å². The van der Waals surface area contributed by atoms with Crippen LogP contribution in [0.1, 0.15) is 47.1 Å². The van der Waals surface area contributed by atoms with Crippen molar-refractivity contribution in [3.63, 3.8) is 0 Å². The van der Waals surface area contributed by atoms with E-state index in [9.17, 15) is 30.4 Å². The SMILES string of the molecule is CC(C)(C)Oc1ccc(S(=O)(=O)c2ccc(Oc3ccc(S(=O)(=O)c4ccc(Oc5ccc(S(=O)(=O)c6ccc(C(C)(C)C)cc6)cc5)cc4)cc3)c(O)c2)cc1. The summed E-state index contributed by atoms with van der Waals surface area (Å²) in [6.07, 6.45) is 0. The Bertz CT molecular complexity index is 2710. The zero-order valence-electron chi connectivity index (χ0n) is 32.1. The van der Waals surface area contributed by atoms with Crippen LogP contribution in [0.2, 0.25) is 0 Å². The molecule has 296 valence electrons. The van der Waals surface area contributed by atoms with Crippen LogP contribution < -0.4 is 14.2 Å². The Kier molecular flexibility index (Phi) is 11.1. The molecule has 0 aliphatic rings. The Morgan fingerprint density at radius 3 is 1.07 bits per heavy atom. The average Bonchev–Trinajstić information content (AvgIpc) is 3.15. The third kappa shape index (κ3) is 9.33. The lowest BCUT2D eigenvalue weighted by Crippen LogP contribution is -2.22. The van der Waals surface area contributed by atoms with Gasteiger partial charge in [-0.05, 0) is 153 Å². The third-order valence-corrected chi connectivity index (χ3v) is 14.0. The highest BCUT2D eigenvalue weighted by Gasteiger charge is 2.23. The molecule has 0 fully saturated rings. The van der Waals surface area contributed by atoms with E-state index < -0.39 is 40.9 Å². The maximum absolute atomic E-state index is 13.4. The predicted octanol–water partition coefficient (Wildman–Crippen LogP) is 9.95. The molecule has 0 amide bonds. The first-order valence-corrected chi connectivity index (χ1v) is 22.2. The number of hydrogen-bond donors (Lipinski definition) is 1. The fraction of sp³-hybridized carbons (Fsp3) is 0.182. The molecule has 0 aromatic heterocycles. The van der Waals surface area contributed by atoms with Gasteiger partial charge in [0.05, 0.1) is 29.4 Å². The lowest BCUT2D eigenvalue weighted by atomic mass is 9.87. The summed E-state index contributed by atoms with van der Waals surface area (Å²) in [4.78, 5) is 0.174. The molecule has 1 N–H and O–H groups in total. The summed E-state index contributed by atoms with van der Waals surface area (Å²) in [6, 6.07) is 33.9. The molecule has 0 saturated heterocycles. The molecule has 0 spiro atoms. The second-order valence-corrected chi connectivity index (χ2v) is 21.1. The quantitative estimate of drug-likeness (QED) is 0.134. The Hall–Kier alpha value is -5.63. The van der Waals surface area contributed by atoms with Gasteiger partial charge in [-0.1, -0.05) is 32.9 Å². The molecule has 0 saturated carbocycles. The summed E-state index contributed by atoms with van der Waals surface area (Å²) in [5.74, 6) is 0.971.